The summed E-state index contributed by atoms with van der Waals surface area (Å²) < 4.78 is 20.3. The van der Waals surface area contributed by atoms with Crippen molar-refractivity contribution >= 4 is 31.5 Å². The van der Waals surface area contributed by atoms with Crippen molar-refractivity contribution in [2.45, 2.75) is 24.5 Å². The van der Waals surface area contributed by atoms with E-state index in [0.29, 0.717) is 0 Å². The topological polar surface area (TPSA) is 201 Å². The van der Waals surface area contributed by atoms with Crippen LogP contribution in [-0.4, -0.2) is 72.6 Å². The van der Waals surface area contributed by atoms with Gasteiger partial charge in [0.25, 0.3) is 6.23 Å². The molecule has 0 radical (unpaired) electrons. The molecule has 0 aromatic carbocycles. The number of nitrogen functional groups attached to an aromatic ring is 1. The zero-order valence-electron chi connectivity index (χ0n) is 11.9. The Morgan fingerprint density at radius 2 is 2.04 bits per heavy atom. The summed E-state index contributed by atoms with van der Waals surface area (Å²) in [6, 6.07) is 0. The maximum absolute atomic E-state index is 11.5. The fourth-order valence-electron chi connectivity index (χ4n) is 2.63. The van der Waals surface area contributed by atoms with Crippen LogP contribution in [0.2, 0.25) is 0 Å². The Hall–Kier alpha value is -1.54. The van der Waals surface area contributed by atoms with Gasteiger partial charge in [0.05, 0.1) is 6.61 Å². The molecule has 132 valence electrons. The molecule has 0 aliphatic carbocycles. The summed E-state index contributed by atoms with van der Waals surface area (Å²) in [5.41, 5.74) is 5.63. The van der Waals surface area contributed by atoms with Gasteiger partial charge in [-0.2, -0.15) is 9.98 Å². The lowest BCUT2D eigenvalue weighted by Crippen LogP contribution is -2.59. The molecule has 1 fully saturated rings. The predicted molar refractivity (Wildman–Crippen MR) is 77.3 cm³/mol. The van der Waals surface area contributed by atoms with E-state index in [1.165, 1.54) is 0 Å². The number of fused-ring (bicyclic) bond motifs is 1. The summed E-state index contributed by atoms with van der Waals surface area (Å²) in [7, 11) is -5.13. The van der Waals surface area contributed by atoms with E-state index in [1.54, 1.807) is 0 Å². The van der Waals surface area contributed by atoms with Gasteiger partial charge in [-0.05, 0) is 4.65 Å². The van der Waals surface area contributed by atoms with Gasteiger partial charge in [-0.1, -0.05) is 4.62 Å². The number of quaternary nitrogens is 1. The van der Waals surface area contributed by atoms with E-state index in [2.05, 4.69) is 15.0 Å². The molecule has 7 N–H and O–H groups in total. The maximum atomic E-state index is 11.5. The Kier molecular flexibility index (Phi) is 4.16. The molecular weight excluding hydrogens is 349 g/mol. The van der Waals surface area contributed by atoms with Gasteiger partial charge in [-0.15, -0.1) is 0 Å². The first-order valence-corrected chi connectivity index (χ1v) is 8.16. The molecule has 3 heterocycles. The number of nitrogens with zero attached hydrogens (tertiary/aromatic N) is 4. The SMILES string of the molecule is Nc1ncnc2c1N=C[N+]2(OP(=O)(O)O)[C@@H]1O[C@H](CO)[C@@H](O)[C@H]1O. The summed E-state index contributed by atoms with van der Waals surface area (Å²) in [5.74, 6) is -0.280. The van der Waals surface area contributed by atoms with E-state index in [0.717, 1.165) is 12.7 Å². The number of phosphoric acid groups is 1. The van der Waals surface area contributed by atoms with Gasteiger partial charge < -0.3 is 25.8 Å². The largest absolute Gasteiger partial charge is 0.516 e. The second kappa shape index (κ2) is 5.77. The van der Waals surface area contributed by atoms with Crippen molar-refractivity contribution < 1.29 is 39.0 Å². The third-order valence-electron chi connectivity index (χ3n) is 3.66. The summed E-state index contributed by atoms with van der Waals surface area (Å²) >= 11 is 0. The van der Waals surface area contributed by atoms with Gasteiger partial charge in [0.15, 0.2) is 17.6 Å². The van der Waals surface area contributed by atoms with E-state index in [4.69, 9.17) is 15.1 Å². The van der Waals surface area contributed by atoms with Crippen LogP contribution in [0, 0.1) is 0 Å². The molecule has 24 heavy (non-hydrogen) atoms. The van der Waals surface area contributed by atoms with Crippen LogP contribution >= 0.6 is 7.82 Å². The Labute approximate surface area is 134 Å². The number of aliphatic hydroxyl groups is 3. The van der Waals surface area contributed by atoms with Gasteiger partial charge >= 0.3 is 13.6 Å². The van der Waals surface area contributed by atoms with Gasteiger partial charge in [0, 0.05) is 0 Å². The van der Waals surface area contributed by atoms with Gasteiger partial charge in [0.2, 0.25) is 6.34 Å². The van der Waals surface area contributed by atoms with Crippen molar-refractivity contribution in [3.63, 3.8) is 0 Å². The highest BCUT2D eigenvalue weighted by Gasteiger charge is 2.62. The Morgan fingerprint density at radius 3 is 2.62 bits per heavy atom. The van der Waals surface area contributed by atoms with Gasteiger partial charge in [-0.25, -0.2) is 9.55 Å². The second-order valence-electron chi connectivity index (χ2n) is 5.19. The van der Waals surface area contributed by atoms with Crippen molar-refractivity contribution in [2.75, 3.05) is 12.3 Å². The number of hydrogen-bond acceptors (Lipinski definition) is 10. The van der Waals surface area contributed by atoms with Crippen molar-refractivity contribution in [1.82, 2.24) is 14.6 Å². The first kappa shape index (κ1) is 17.3. The number of hydrogen-bond donors (Lipinski definition) is 6. The molecule has 2 aliphatic heterocycles. The number of hydroxylamine groups is 2. The number of aliphatic hydroxyl groups excluding tert-OH is 3. The average molecular weight is 364 g/mol. The lowest BCUT2D eigenvalue weighted by Gasteiger charge is -2.32. The minimum atomic E-state index is -5.13. The van der Waals surface area contributed by atoms with Crippen molar-refractivity contribution in [3.8, 4) is 0 Å². The molecule has 0 spiro atoms. The fourth-order valence-corrected chi connectivity index (χ4v) is 3.19. The predicted octanol–water partition coefficient (Wildman–Crippen LogP) is -2.50. The minimum absolute atomic E-state index is 0.0244. The summed E-state index contributed by atoms with van der Waals surface area (Å²) in [6.07, 6.45) is -4.02. The average Bonchev–Trinajstić information content (AvgIpc) is 2.99. The Balaban J connectivity index is 2.13. The lowest BCUT2D eigenvalue weighted by molar-refractivity contribution is -0.164. The summed E-state index contributed by atoms with van der Waals surface area (Å²) in [6.45, 7) is -0.638. The molecular formula is C10H15N5O8P+. The second-order valence-corrected chi connectivity index (χ2v) is 6.33. The van der Waals surface area contributed by atoms with Crippen LogP contribution < -0.4 is 10.4 Å². The maximum Gasteiger partial charge on any atom is 0.516 e. The number of ether oxygens (including phenoxy) is 1. The standard InChI is InChI=1S/C10H14N5O8P/c11-8-5-9(13-2-12-8)15(3-14-5,23-24(19,20)21)10-7(18)6(17)4(1-16)22-10/h2-4,6-7,10,16-18H,1H2,(H3-,11,12,13,19,20,21)/p+1/t4-,6-,7-,10-,15?/m1/s1. The zero-order chi connectivity index (χ0) is 17.7. The Morgan fingerprint density at radius 1 is 1.33 bits per heavy atom. The van der Waals surface area contributed by atoms with E-state index in [1.807, 2.05) is 0 Å². The zero-order valence-corrected chi connectivity index (χ0v) is 12.8. The third kappa shape index (κ3) is 2.61. The minimum Gasteiger partial charge on any atom is -0.394 e. The first-order chi connectivity index (χ1) is 11.2. The molecule has 2 aliphatic rings. The normalized spacial score (nSPS) is 35.4. The molecule has 1 aromatic rings. The monoisotopic (exact) mass is 364 g/mol. The Bertz CT molecular complexity index is 727. The molecule has 1 aromatic heterocycles. The molecule has 3 rings (SSSR count). The molecule has 0 bridgehead atoms. The van der Waals surface area contributed by atoms with Crippen LogP contribution in [0.5, 0.6) is 0 Å². The number of rotatable bonds is 4. The highest BCUT2D eigenvalue weighted by atomic mass is 31.2. The first-order valence-electron chi connectivity index (χ1n) is 6.63. The molecule has 13 nitrogen and oxygen atoms in total. The van der Waals surface area contributed by atoms with Crippen LogP contribution in [0.15, 0.2) is 11.3 Å². The van der Waals surface area contributed by atoms with Crippen LogP contribution in [-0.2, 0) is 13.9 Å². The third-order valence-corrected chi connectivity index (χ3v) is 4.14. The molecule has 0 saturated carbocycles. The van der Waals surface area contributed by atoms with Crippen molar-refractivity contribution in [1.29, 1.82) is 0 Å². The molecule has 14 heteroatoms. The van der Waals surface area contributed by atoms with Crippen LogP contribution in [0.3, 0.4) is 0 Å². The van der Waals surface area contributed by atoms with Gasteiger partial charge in [-0.3, -0.25) is 9.79 Å². The summed E-state index contributed by atoms with van der Waals surface area (Å²) in [4.78, 5) is 30.0. The van der Waals surface area contributed by atoms with Crippen molar-refractivity contribution in [2.24, 2.45) is 4.99 Å². The van der Waals surface area contributed by atoms with Crippen LogP contribution in [0.1, 0.15) is 0 Å². The molecule has 1 saturated heterocycles. The van der Waals surface area contributed by atoms with Crippen LogP contribution in [0.4, 0.5) is 17.3 Å². The number of nitrogens with two attached hydrogens (primary N) is 1. The highest BCUT2D eigenvalue weighted by molar-refractivity contribution is 7.46. The van der Waals surface area contributed by atoms with E-state index >= 15 is 0 Å². The molecule has 5 atom stereocenters. The number of aliphatic imine (C=N–C) groups is 1. The van der Waals surface area contributed by atoms with Crippen LogP contribution in [0.25, 0.3) is 0 Å². The number of anilines is 1. The fraction of sp³-hybridized carbons (Fsp3) is 0.500. The highest BCUT2D eigenvalue weighted by Crippen LogP contribution is 2.50. The molecule has 0 amide bonds. The quantitative estimate of drug-likeness (QED) is 0.244. The van der Waals surface area contributed by atoms with E-state index in [-0.39, 0.29) is 17.3 Å². The van der Waals surface area contributed by atoms with Gasteiger partial charge in [0.1, 0.15) is 18.5 Å². The number of aromatic nitrogens is 2. The lowest BCUT2D eigenvalue weighted by atomic mass is 10.1. The summed E-state index contributed by atoms with van der Waals surface area (Å²) in [5, 5.41) is 29.3. The van der Waals surface area contributed by atoms with E-state index in [9.17, 15) is 29.7 Å². The smallest absolute Gasteiger partial charge is 0.394 e. The molecule has 1 unspecified atom stereocenters. The van der Waals surface area contributed by atoms with E-state index < -0.39 is 43.6 Å². The van der Waals surface area contributed by atoms with Crippen molar-refractivity contribution in [3.05, 3.63) is 6.33 Å².